The number of esters is 1. The van der Waals surface area contributed by atoms with Crippen molar-refractivity contribution < 1.29 is 23.8 Å². The molecule has 0 spiro atoms. The van der Waals surface area contributed by atoms with Crippen LogP contribution in [0.5, 0.6) is 11.5 Å². The fourth-order valence-electron chi connectivity index (χ4n) is 3.18. The molecular weight excluding hydrogens is 534 g/mol. The van der Waals surface area contributed by atoms with Gasteiger partial charge in [0.25, 0.3) is 0 Å². The molecule has 0 aromatic heterocycles. The molecular formula is C27H25BrClNO5. The van der Waals surface area contributed by atoms with Gasteiger partial charge in [-0.25, -0.2) is 4.79 Å². The van der Waals surface area contributed by atoms with E-state index >= 15 is 0 Å². The number of para-hydroxylation sites is 1. The zero-order valence-corrected chi connectivity index (χ0v) is 21.7. The molecule has 0 aliphatic carbocycles. The topological polar surface area (TPSA) is 73.9 Å². The van der Waals surface area contributed by atoms with Crippen molar-refractivity contribution in [1.29, 1.82) is 0 Å². The van der Waals surface area contributed by atoms with Crippen LogP contribution in [-0.4, -0.2) is 25.1 Å². The lowest BCUT2D eigenvalue weighted by Gasteiger charge is -2.15. The van der Waals surface area contributed by atoms with Crippen LogP contribution in [0, 0.1) is 0 Å². The average Bonchev–Trinajstić information content (AvgIpc) is 2.84. The van der Waals surface area contributed by atoms with Crippen molar-refractivity contribution in [2.45, 2.75) is 20.5 Å². The van der Waals surface area contributed by atoms with Gasteiger partial charge in [-0.15, -0.1) is 0 Å². The van der Waals surface area contributed by atoms with Crippen LogP contribution in [0.4, 0.5) is 5.69 Å². The van der Waals surface area contributed by atoms with Crippen LogP contribution >= 0.6 is 27.5 Å². The molecule has 0 heterocycles. The molecule has 8 heteroatoms. The number of anilines is 1. The number of rotatable bonds is 10. The number of benzene rings is 3. The molecule has 1 N–H and O–H groups in total. The summed E-state index contributed by atoms with van der Waals surface area (Å²) in [6.07, 6.45) is 3.02. The highest BCUT2D eigenvalue weighted by Gasteiger charge is 2.14. The van der Waals surface area contributed by atoms with Crippen LogP contribution in [0.1, 0.15) is 35.3 Å². The number of carbonyl (C=O) groups is 2. The number of amides is 1. The van der Waals surface area contributed by atoms with Gasteiger partial charge in [0.1, 0.15) is 6.61 Å². The highest BCUT2D eigenvalue weighted by atomic mass is 79.9. The third-order valence-electron chi connectivity index (χ3n) is 4.77. The molecule has 0 unspecified atom stereocenters. The van der Waals surface area contributed by atoms with E-state index in [4.69, 9.17) is 25.8 Å². The maximum Gasteiger partial charge on any atom is 0.340 e. The average molecular weight is 559 g/mol. The minimum atomic E-state index is -0.495. The second kappa shape index (κ2) is 13.0. The molecule has 0 radical (unpaired) electrons. The molecule has 182 valence electrons. The molecule has 0 aliphatic rings. The first-order valence-corrected chi connectivity index (χ1v) is 12.2. The molecule has 0 aliphatic heterocycles. The predicted molar refractivity (Wildman–Crippen MR) is 141 cm³/mol. The lowest BCUT2D eigenvalue weighted by molar-refractivity contribution is -0.111. The Bertz CT molecular complexity index is 1230. The van der Waals surface area contributed by atoms with Crippen molar-refractivity contribution in [1.82, 2.24) is 0 Å². The van der Waals surface area contributed by atoms with Gasteiger partial charge in [0.15, 0.2) is 11.5 Å². The van der Waals surface area contributed by atoms with Gasteiger partial charge in [0.2, 0.25) is 5.91 Å². The standard InChI is InChI=1S/C27H25BrClNO5/c1-3-33-24-16-18(15-21(28)26(24)35-17-19-9-5-7-11-22(19)29)13-14-25(31)30-23-12-8-6-10-20(23)27(32)34-4-2/h5-16H,3-4,17H2,1-2H3,(H,30,31)/b14-13+. The number of hydrogen-bond acceptors (Lipinski definition) is 5. The number of ether oxygens (including phenoxy) is 3. The van der Waals surface area contributed by atoms with Crippen molar-refractivity contribution in [3.8, 4) is 11.5 Å². The molecule has 1 amide bonds. The molecule has 3 aromatic carbocycles. The third-order valence-corrected chi connectivity index (χ3v) is 5.73. The first kappa shape index (κ1) is 26.3. The van der Waals surface area contributed by atoms with E-state index in [0.717, 1.165) is 11.1 Å². The number of halogens is 2. The summed E-state index contributed by atoms with van der Waals surface area (Å²) >= 11 is 9.77. The van der Waals surface area contributed by atoms with Gasteiger partial charge in [-0.1, -0.05) is 41.9 Å². The van der Waals surface area contributed by atoms with E-state index in [1.807, 2.05) is 37.3 Å². The molecule has 0 fully saturated rings. The van der Waals surface area contributed by atoms with Gasteiger partial charge >= 0.3 is 5.97 Å². The first-order valence-electron chi connectivity index (χ1n) is 11.0. The van der Waals surface area contributed by atoms with Crippen LogP contribution < -0.4 is 14.8 Å². The molecule has 3 rings (SSSR count). The van der Waals surface area contributed by atoms with Gasteiger partial charge in [-0.05, 0) is 71.7 Å². The van der Waals surface area contributed by atoms with Crippen molar-refractivity contribution in [3.05, 3.63) is 92.9 Å². The van der Waals surface area contributed by atoms with Crippen LogP contribution in [0.2, 0.25) is 5.02 Å². The fraction of sp³-hybridized carbons (Fsp3) is 0.185. The summed E-state index contributed by atoms with van der Waals surface area (Å²) in [5.74, 6) is 0.179. The Morgan fingerprint density at radius 2 is 1.74 bits per heavy atom. The number of nitrogens with one attached hydrogen (secondary N) is 1. The van der Waals surface area contributed by atoms with Crippen molar-refractivity contribution >= 4 is 51.2 Å². The number of carbonyl (C=O) groups excluding carboxylic acids is 2. The van der Waals surface area contributed by atoms with E-state index in [1.54, 1.807) is 43.3 Å². The van der Waals surface area contributed by atoms with Crippen LogP contribution in [0.3, 0.4) is 0 Å². The van der Waals surface area contributed by atoms with E-state index in [0.29, 0.717) is 33.3 Å². The summed E-state index contributed by atoms with van der Waals surface area (Å²) in [6.45, 7) is 4.56. The summed E-state index contributed by atoms with van der Waals surface area (Å²) in [6, 6.07) is 17.8. The smallest absolute Gasteiger partial charge is 0.340 e. The van der Waals surface area contributed by atoms with Gasteiger partial charge < -0.3 is 19.5 Å². The number of hydrogen-bond donors (Lipinski definition) is 1. The minimum absolute atomic E-state index is 0.246. The Balaban J connectivity index is 1.75. The highest BCUT2D eigenvalue weighted by molar-refractivity contribution is 9.10. The molecule has 0 saturated heterocycles. The summed E-state index contributed by atoms with van der Waals surface area (Å²) < 4.78 is 17.5. The summed E-state index contributed by atoms with van der Waals surface area (Å²) in [5, 5.41) is 3.34. The molecule has 0 atom stereocenters. The summed E-state index contributed by atoms with van der Waals surface area (Å²) in [5.41, 5.74) is 2.24. The molecule has 0 bridgehead atoms. The maximum absolute atomic E-state index is 12.5. The monoisotopic (exact) mass is 557 g/mol. The largest absolute Gasteiger partial charge is 0.490 e. The van der Waals surface area contributed by atoms with E-state index in [-0.39, 0.29) is 18.8 Å². The molecule has 3 aromatic rings. The first-order chi connectivity index (χ1) is 16.9. The van der Waals surface area contributed by atoms with Crippen molar-refractivity contribution in [2.24, 2.45) is 0 Å². The predicted octanol–water partition coefficient (Wildman–Crippen LogP) is 6.91. The minimum Gasteiger partial charge on any atom is -0.490 e. The second-order valence-electron chi connectivity index (χ2n) is 7.23. The lowest BCUT2D eigenvalue weighted by atomic mass is 10.1. The Morgan fingerprint density at radius 3 is 2.49 bits per heavy atom. The molecule has 6 nitrogen and oxygen atoms in total. The zero-order valence-electron chi connectivity index (χ0n) is 19.3. The lowest BCUT2D eigenvalue weighted by Crippen LogP contribution is -2.13. The van der Waals surface area contributed by atoms with Crippen LogP contribution in [0.25, 0.3) is 6.08 Å². The van der Waals surface area contributed by atoms with Crippen LogP contribution in [0.15, 0.2) is 71.2 Å². The molecule has 35 heavy (non-hydrogen) atoms. The highest BCUT2D eigenvalue weighted by Crippen LogP contribution is 2.38. The summed E-state index contributed by atoms with van der Waals surface area (Å²) in [7, 11) is 0. The van der Waals surface area contributed by atoms with E-state index in [2.05, 4.69) is 21.2 Å². The second-order valence-corrected chi connectivity index (χ2v) is 8.49. The van der Waals surface area contributed by atoms with Gasteiger partial charge in [-0.3, -0.25) is 4.79 Å². The Hall–Kier alpha value is -3.29. The summed E-state index contributed by atoms with van der Waals surface area (Å²) in [4.78, 5) is 24.7. The van der Waals surface area contributed by atoms with E-state index in [9.17, 15) is 9.59 Å². The SMILES string of the molecule is CCOC(=O)c1ccccc1NC(=O)/C=C/c1cc(Br)c(OCc2ccccc2Cl)c(OCC)c1. The van der Waals surface area contributed by atoms with Crippen molar-refractivity contribution in [2.75, 3.05) is 18.5 Å². The van der Waals surface area contributed by atoms with Crippen LogP contribution in [-0.2, 0) is 16.1 Å². The quantitative estimate of drug-likeness (QED) is 0.216. The Kier molecular flexibility index (Phi) is 9.76. The van der Waals surface area contributed by atoms with E-state index in [1.165, 1.54) is 6.08 Å². The third kappa shape index (κ3) is 7.34. The Morgan fingerprint density at radius 1 is 1.00 bits per heavy atom. The fourth-order valence-corrected chi connectivity index (χ4v) is 3.94. The van der Waals surface area contributed by atoms with E-state index < -0.39 is 11.9 Å². The van der Waals surface area contributed by atoms with Crippen molar-refractivity contribution in [3.63, 3.8) is 0 Å². The van der Waals surface area contributed by atoms with Gasteiger partial charge in [-0.2, -0.15) is 0 Å². The molecule has 0 saturated carbocycles. The zero-order chi connectivity index (χ0) is 25.2. The normalized spacial score (nSPS) is 10.7. The Labute approximate surface area is 218 Å². The van der Waals surface area contributed by atoms with Gasteiger partial charge in [0.05, 0.1) is 28.9 Å². The maximum atomic E-state index is 12.5. The van der Waals surface area contributed by atoms with Gasteiger partial charge in [0, 0.05) is 16.7 Å².